The van der Waals surface area contributed by atoms with E-state index < -0.39 is 0 Å². The van der Waals surface area contributed by atoms with Crippen molar-refractivity contribution in [2.45, 2.75) is 13.0 Å². The summed E-state index contributed by atoms with van der Waals surface area (Å²) in [7, 11) is 0. The Morgan fingerprint density at radius 2 is 1.85 bits per heavy atom. The largest absolute Gasteiger partial charge is 0.381 e. The molecule has 0 aliphatic carbocycles. The Kier molecular flexibility index (Phi) is 3.60. The monoisotopic (exact) mass is 272 g/mol. The Balaban J connectivity index is 1.61. The van der Waals surface area contributed by atoms with Gasteiger partial charge in [0.15, 0.2) is 11.6 Å². The van der Waals surface area contributed by atoms with Gasteiger partial charge < -0.3 is 15.2 Å². The van der Waals surface area contributed by atoms with Crippen LogP contribution < -0.4 is 10.6 Å². The van der Waals surface area contributed by atoms with Crippen LogP contribution in [0, 0.1) is 0 Å². The maximum absolute atomic E-state index is 5.61. The molecule has 1 unspecified atom stereocenters. The zero-order chi connectivity index (χ0) is 13.9. The molecular formula is C15H20N4O. The molecule has 0 saturated carbocycles. The molecule has 5 heteroatoms. The quantitative estimate of drug-likeness (QED) is 0.927. The molecule has 2 N–H and O–H groups in total. The average Bonchev–Trinajstić information content (AvgIpc) is 2.94. The summed E-state index contributed by atoms with van der Waals surface area (Å²) in [5.74, 6) is 1.30. The first kappa shape index (κ1) is 13.0. The van der Waals surface area contributed by atoms with Crippen LogP contribution >= 0.6 is 0 Å². The summed E-state index contributed by atoms with van der Waals surface area (Å²) in [6.45, 7) is 6.21. The fourth-order valence-electron chi connectivity index (χ4n) is 2.69. The molecule has 1 aliphatic rings. The Hall–Kier alpha value is -2.01. The number of nitrogens with zero attached hydrogens (tertiary/aromatic N) is 3. The van der Waals surface area contributed by atoms with Gasteiger partial charge in [0, 0.05) is 37.9 Å². The van der Waals surface area contributed by atoms with Crippen LogP contribution in [0.25, 0.3) is 0 Å². The summed E-state index contributed by atoms with van der Waals surface area (Å²) in [6, 6.07) is 12.6. The van der Waals surface area contributed by atoms with Crippen molar-refractivity contribution in [1.82, 2.24) is 10.1 Å². The zero-order valence-corrected chi connectivity index (χ0v) is 11.7. The van der Waals surface area contributed by atoms with E-state index in [0.29, 0.717) is 5.82 Å². The van der Waals surface area contributed by atoms with Crippen molar-refractivity contribution in [3.63, 3.8) is 0 Å². The molecule has 1 fully saturated rings. The number of nitrogen functional groups attached to an aromatic ring is 1. The number of rotatable bonds is 3. The molecule has 0 spiro atoms. The first-order valence-electron chi connectivity index (χ1n) is 7.00. The van der Waals surface area contributed by atoms with E-state index in [2.05, 4.69) is 52.2 Å². The Bertz CT molecular complexity index is 546. The number of para-hydroxylation sites is 1. The molecule has 106 valence electrons. The highest BCUT2D eigenvalue weighted by Gasteiger charge is 2.24. The average molecular weight is 272 g/mol. The molecule has 3 rings (SSSR count). The predicted octanol–water partition coefficient (Wildman–Crippen LogP) is 2.14. The first-order chi connectivity index (χ1) is 9.74. The molecule has 0 bridgehead atoms. The van der Waals surface area contributed by atoms with Gasteiger partial charge >= 0.3 is 0 Å². The third-order valence-electron chi connectivity index (χ3n) is 3.94. The minimum atomic E-state index is 0.220. The van der Waals surface area contributed by atoms with Crippen LogP contribution in [0.3, 0.4) is 0 Å². The Morgan fingerprint density at radius 3 is 2.45 bits per heavy atom. The van der Waals surface area contributed by atoms with Crippen LogP contribution in [0.5, 0.6) is 0 Å². The summed E-state index contributed by atoms with van der Waals surface area (Å²) >= 11 is 0. The fourth-order valence-corrected chi connectivity index (χ4v) is 2.69. The van der Waals surface area contributed by atoms with Crippen molar-refractivity contribution in [2.24, 2.45) is 0 Å². The minimum Gasteiger partial charge on any atom is -0.381 e. The molecule has 2 heterocycles. The van der Waals surface area contributed by atoms with Gasteiger partial charge in [0.2, 0.25) is 0 Å². The van der Waals surface area contributed by atoms with Gasteiger partial charge in [-0.2, -0.15) is 0 Å². The van der Waals surface area contributed by atoms with Gasteiger partial charge in [-0.15, -0.1) is 0 Å². The molecule has 1 atom stereocenters. The van der Waals surface area contributed by atoms with Gasteiger partial charge in [-0.25, -0.2) is 0 Å². The van der Waals surface area contributed by atoms with Crippen molar-refractivity contribution in [1.29, 1.82) is 0 Å². The first-order valence-corrected chi connectivity index (χ1v) is 7.00. The lowest BCUT2D eigenvalue weighted by Crippen LogP contribution is -2.47. The van der Waals surface area contributed by atoms with E-state index in [9.17, 15) is 0 Å². The van der Waals surface area contributed by atoms with Gasteiger partial charge in [-0.05, 0) is 19.1 Å². The standard InChI is InChI=1S/C15H20N4O/c1-12(14-11-15(16)17-20-14)18-7-9-19(10-8-18)13-5-3-2-4-6-13/h2-6,11-12H,7-10H2,1H3,(H2,16,17). The summed E-state index contributed by atoms with van der Waals surface area (Å²) < 4.78 is 5.26. The van der Waals surface area contributed by atoms with E-state index in [-0.39, 0.29) is 6.04 Å². The summed E-state index contributed by atoms with van der Waals surface area (Å²) in [4.78, 5) is 4.82. The molecule has 0 amide bonds. The normalized spacial score (nSPS) is 18.1. The van der Waals surface area contributed by atoms with Gasteiger partial charge in [-0.1, -0.05) is 23.4 Å². The summed E-state index contributed by atoms with van der Waals surface area (Å²) in [5, 5.41) is 3.76. The number of anilines is 2. The number of benzene rings is 1. The number of piperazine rings is 1. The smallest absolute Gasteiger partial charge is 0.167 e. The van der Waals surface area contributed by atoms with E-state index in [1.807, 2.05) is 6.07 Å². The highest BCUT2D eigenvalue weighted by Crippen LogP contribution is 2.24. The Labute approximate surface area is 118 Å². The predicted molar refractivity (Wildman–Crippen MR) is 79.6 cm³/mol. The third-order valence-corrected chi connectivity index (χ3v) is 3.94. The lowest BCUT2D eigenvalue weighted by molar-refractivity contribution is 0.169. The molecule has 1 aromatic heterocycles. The summed E-state index contributed by atoms with van der Waals surface area (Å²) in [6.07, 6.45) is 0. The Morgan fingerprint density at radius 1 is 1.15 bits per heavy atom. The van der Waals surface area contributed by atoms with Crippen molar-refractivity contribution >= 4 is 11.5 Å². The molecule has 0 radical (unpaired) electrons. The third kappa shape index (κ3) is 2.63. The van der Waals surface area contributed by atoms with E-state index >= 15 is 0 Å². The molecule has 5 nitrogen and oxygen atoms in total. The van der Waals surface area contributed by atoms with Crippen molar-refractivity contribution < 1.29 is 4.52 Å². The maximum Gasteiger partial charge on any atom is 0.167 e. The molecule has 2 aromatic rings. The molecule has 1 saturated heterocycles. The van der Waals surface area contributed by atoms with Gasteiger partial charge in [-0.3, -0.25) is 4.90 Å². The van der Waals surface area contributed by atoms with E-state index in [1.165, 1.54) is 5.69 Å². The molecule has 1 aromatic carbocycles. The molecule has 20 heavy (non-hydrogen) atoms. The maximum atomic E-state index is 5.61. The van der Waals surface area contributed by atoms with Crippen LogP contribution in [0.2, 0.25) is 0 Å². The summed E-state index contributed by atoms with van der Waals surface area (Å²) in [5.41, 5.74) is 6.91. The second-order valence-electron chi connectivity index (χ2n) is 5.19. The van der Waals surface area contributed by atoms with E-state index in [4.69, 9.17) is 10.3 Å². The second-order valence-corrected chi connectivity index (χ2v) is 5.19. The van der Waals surface area contributed by atoms with Crippen molar-refractivity contribution in [3.05, 3.63) is 42.2 Å². The van der Waals surface area contributed by atoms with E-state index in [0.717, 1.165) is 31.9 Å². The van der Waals surface area contributed by atoms with Gasteiger partial charge in [0.25, 0.3) is 0 Å². The lowest BCUT2D eigenvalue weighted by Gasteiger charge is -2.38. The van der Waals surface area contributed by atoms with Crippen LogP contribution in [-0.4, -0.2) is 36.2 Å². The zero-order valence-electron chi connectivity index (χ0n) is 11.7. The highest BCUT2D eigenvalue weighted by atomic mass is 16.5. The van der Waals surface area contributed by atoms with Crippen molar-refractivity contribution in [3.8, 4) is 0 Å². The number of hydrogen-bond acceptors (Lipinski definition) is 5. The number of aromatic nitrogens is 1. The van der Waals surface area contributed by atoms with Crippen LogP contribution in [0.1, 0.15) is 18.7 Å². The molecular weight excluding hydrogens is 252 g/mol. The SMILES string of the molecule is CC(c1cc(N)no1)N1CCN(c2ccccc2)CC1. The second kappa shape index (κ2) is 5.54. The van der Waals surface area contributed by atoms with Gasteiger partial charge in [0.05, 0.1) is 6.04 Å². The van der Waals surface area contributed by atoms with E-state index in [1.54, 1.807) is 0 Å². The van der Waals surface area contributed by atoms with Crippen LogP contribution in [-0.2, 0) is 0 Å². The topological polar surface area (TPSA) is 58.5 Å². The number of nitrogens with two attached hydrogens (primary N) is 1. The fraction of sp³-hybridized carbons (Fsp3) is 0.400. The highest BCUT2D eigenvalue weighted by molar-refractivity contribution is 5.46. The lowest BCUT2D eigenvalue weighted by atomic mass is 10.1. The number of hydrogen-bond donors (Lipinski definition) is 1. The van der Waals surface area contributed by atoms with Crippen LogP contribution in [0.15, 0.2) is 40.9 Å². The van der Waals surface area contributed by atoms with Crippen molar-refractivity contribution in [2.75, 3.05) is 36.8 Å². The van der Waals surface area contributed by atoms with Gasteiger partial charge in [0.1, 0.15) is 0 Å². The van der Waals surface area contributed by atoms with Crippen LogP contribution in [0.4, 0.5) is 11.5 Å². The molecule has 1 aliphatic heterocycles. The minimum absolute atomic E-state index is 0.220.